The van der Waals surface area contributed by atoms with Crippen LogP contribution >= 0.6 is 11.6 Å². The third-order valence-electron chi connectivity index (χ3n) is 3.43. The molecule has 4 nitrogen and oxygen atoms in total. The highest BCUT2D eigenvalue weighted by molar-refractivity contribution is 6.32. The second kappa shape index (κ2) is 8.03. The molecule has 0 heterocycles. The summed E-state index contributed by atoms with van der Waals surface area (Å²) < 4.78 is 10.5. The molecule has 2 rings (SSSR count). The van der Waals surface area contributed by atoms with Crippen LogP contribution in [0.1, 0.15) is 17.2 Å². The zero-order valence-corrected chi connectivity index (χ0v) is 13.4. The maximum absolute atomic E-state index is 9.56. The number of aliphatic hydroxyl groups excluding tert-OH is 1. The molecule has 2 N–H and O–H groups in total. The Labute approximate surface area is 135 Å². The highest BCUT2D eigenvalue weighted by Crippen LogP contribution is 2.36. The molecule has 0 aliphatic carbocycles. The van der Waals surface area contributed by atoms with Gasteiger partial charge in [0.1, 0.15) is 0 Å². The van der Waals surface area contributed by atoms with Gasteiger partial charge in [-0.3, -0.25) is 0 Å². The van der Waals surface area contributed by atoms with Crippen molar-refractivity contribution in [2.75, 3.05) is 20.8 Å². The number of nitrogens with one attached hydrogen (secondary N) is 1. The molecule has 2 aromatic rings. The summed E-state index contributed by atoms with van der Waals surface area (Å²) in [5.74, 6) is 1.11. The number of hydrogen-bond donors (Lipinski definition) is 2. The minimum atomic E-state index is -0.131. The predicted molar refractivity (Wildman–Crippen MR) is 87.7 cm³/mol. The average molecular weight is 322 g/mol. The third kappa shape index (κ3) is 3.91. The van der Waals surface area contributed by atoms with Crippen molar-refractivity contribution in [1.29, 1.82) is 0 Å². The van der Waals surface area contributed by atoms with E-state index < -0.39 is 0 Å². The zero-order chi connectivity index (χ0) is 15.9. The van der Waals surface area contributed by atoms with Crippen LogP contribution in [0, 0.1) is 0 Å². The lowest BCUT2D eigenvalue weighted by molar-refractivity contribution is 0.243. The lowest BCUT2D eigenvalue weighted by Gasteiger charge is -2.18. The van der Waals surface area contributed by atoms with Crippen molar-refractivity contribution in [3.8, 4) is 11.5 Å². The van der Waals surface area contributed by atoms with Crippen LogP contribution in [0.4, 0.5) is 0 Å². The quantitative estimate of drug-likeness (QED) is 0.822. The smallest absolute Gasteiger partial charge is 0.179 e. The lowest BCUT2D eigenvalue weighted by Crippen LogP contribution is -2.24. The van der Waals surface area contributed by atoms with Gasteiger partial charge in [0, 0.05) is 6.54 Å². The number of halogens is 1. The molecule has 1 atom stereocenters. The van der Waals surface area contributed by atoms with Crippen LogP contribution in [0.25, 0.3) is 0 Å². The van der Waals surface area contributed by atoms with Gasteiger partial charge in [-0.2, -0.15) is 0 Å². The van der Waals surface area contributed by atoms with Gasteiger partial charge in [0.2, 0.25) is 0 Å². The highest BCUT2D eigenvalue weighted by Gasteiger charge is 2.13. The molecule has 0 aliphatic rings. The Morgan fingerprint density at radius 2 is 1.86 bits per heavy atom. The largest absolute Gasteiger partial charge is 0.493 e. The van der Waals surface area contributed by atoms with E-state index in [2.05, 4.69) is 5.32 Å². The molecule has 5 heteroatoms. The number of hydrogen-bond acceptors (Lipinski definition) is 4. The fraction of sp³-hybridized carbons (Fsp3) is 0.294. The summed E-state index contributed by atoms with van der Waals surface area (Å²) in [6.07, 6.45) is 0. The second-order valence-electron chi connectivity index (χ2n) is 4.84. The maximum Gasteiger partial charge on any atom is 0.179 e. The van der Waals surface area contributed by atoms with Gasteiger partial charge in [0.25, 0.3) is 0 Å². The maximum atomic E-state index is 9.56. The molecule has 0 bridgehead atoms. The molecule has 118 valence electrons. The topological polar surface area (TPSA) is 50.7 Å². The second-order valence-corrected chi connectivity index (χ2v) is 5.25. The van der Waals surface area contributed by atoms with Gasteiger partial charge in [-0.05, 0) is 23.3 Å². The molecule has 0 radical (unpaired) electrons. The lowest BCUT2D eigenvalue weighted by atomic mass is 10.1. The number of ether oxygens (including phenoxy) is 2. The minimum absolute atomic E-state index is 0.0189. The van der Waals surface area contributed by atoms with E-state index in [0.29, 0.717) is 23.1 Å². The number of benzene rings is 2. The molecule has 2 aromatic carbocycles. The van der Waals surface area contributed by atoms with E-state index in [1.165, 1.54) is 0 Å². The third-order valence-corrected chi connectivity index (χ3v) is 3.71. The Hall–Kier alpha value is -1.75. The van der Waals surface area contributed by atoms with Crippen molar-refractivity contribution in [2.24, 2.45) is 0 Å². The van der Waals surface area contributed by atoms with E-state index in [-0.39, 0.29) is 12.6 Å². The molecular formula is C17H20ClNO3. The van der Waals surface area contributed by atoms with E-state index in [9.17, 15) is 5.11 Å². The number of methoxy groups -OCH3 is 2. The summed E-state index contributed by atoms with van der Waals surface area (Å²) in [7, 11) is 3.13. The molecule has 1 unspecified atom stereocenters. The SMILES string of the molecule is COc1cc(CNC(CO)c2ccccc2)cc(Cl)c1OC. The fourth-order valence-corrected chi connectivity index (χ4v) is 2.60. The van der Waals surface area contributed by atoms with Crippen molar-refractivity contribution in [2.45, 2.75) is 12.6 Å². The van der Waals surface area contributed by atoms with Crippen LogP contribution in [0.15, 0.2) is 42.5 Å². The van der Waals surface area contributed by atoms with E-state index in [0.717, 1.165) is 11.1 Å². The summed E-state index contributed by atoms with van der Waals surface area (Å²) in [4.78, 5) is 0. The first kappa shape index (κ1) is 16.6. The summed E-state index contributed by atoms with van der Waals surface area (Å²) in [5.41, 5.74) is 1.99. The van der Waals surface area contributed by atoms with Crippen LogP contribution in [0.3, 0.4) is 0 Å². The monoisotopic (exact) mass is 321 g/mol. The van der Waals surface area contributed by atoms with E-state index in [1.807, 2.05) is 42.5 Å². The first-order valence-electron chi connectivity index (χ1n) is 6.99. The van der Waals surface area contributed by atoms with E-state index >= 15 is 0 Å². The Kier molecular flexibility index (Phi) is 6.07. The molecule has 0 saturated carbocycles. The van der Waals surface area contributed by atoms with Crippen LogP contribution in [0.2, 0.25) is 5.02 Å². The average Bonchev–Trinajstić information content (AvgIpc) is 2.55. The van der Waals surface area contributed by atoms with Gasteiger partial charge < -0.3 is 19.9 Å². The fourth-order valence-electron chi connectivity index (χ4n) is 2.29. The van der Waals surface area contributed by atoms with Crippen molar-refractivity contribution in [1.82, 2.24) is 5.32 Å². The Morgan fingerprint density at radius 1 is 1.14 bits per heavy atom. The summed E-state index contributed by atoms with van der Waals surface area (Å²) in [5, 5.41) is 13.4. The molecule has 0 spiro atoms. The molecule has 22 heavy (non-hydrogen) atoms. The molecule has 0 amide bonds. The molecule has 0 fully saturated rings. The first-order chi connectivity index (χ1) is 10.7. The Morgan fingerprint density at radius 3 is 2.45 bits per heavy atom. The first-order valence-corrected chi connectivity index (χ1v) is 7.37. The van der Waals surface area contributed by atoms with Crippen LogP contribution in [-0.2, 0) is 6.54 Å². The minimum Gasteiger partial charge on any atom is -0.493 e. The van der Waals surface area contributed by atoms with Gasteiger partial charge in [-0.25, -0.2) is 0 Å². The van der Waals surface area contributed by atoms with Crippen LogP contribution < -0.4 is 14.8 Å². The van der Waals surface area contributed by atoms with Crippen molar-refractivity contribution in [3.05, 3.63) is 58.6 Å². The van der Waals surface area contributed by atoms with Gasteiger partial charge in [0.15, 0.2) is 11.5 Å². The standard InChI is InChI=1S/C17H20ClNO3/c1-21-16-9-12(8-14(18)17(16)22-2)10-19-15(11-20)13-6-4-3-5-7-13/h3-9,15,19-20H,10-11H2,1-2H3. The highest BCUT2D eigenvalue weighted by atomic mass is 35.5. The molecule has 0 saturated heterocycles. The molecule has 0 aliphatic heterocycles. The Bertz CT molecular complexity index is 604. The van der Waals surface area contributed by atoms with E-state index in [4.69, 9.17) is 21.1 Å². The van der Waals surface area contributed by atoms with Gasteiger partial charge >= 0.3 is 0 Å². The van der Waals surface area contributed by atoms with Crippen molar-refractivity contribution in [3.63, 3.8) is 0 Å². The Balaban J connectivity index is 2.12. The van der Waals surface area contributed by atoms with E-state index in [1.54, 1.807) is 14.2 Å². The van der Waals surface area contributed by atoms with Crippen molar-refractivity contribution >= 4 is 11.6 Å². The van der Waals surface area contributed by atoms with Crippen molar-refractivity contribution < 1.29 is 14.6 Å². The summed E-state index contributed by atoms with van der Waals surface area (Å²) in [6.45, 7) is 0.575. The molecule has 0 aromatic heterocycles. The number of aliphatic hydroxyl groups is 1. The number of rotatable bonds is 7. The van der Waals surface area contributed by atoms with Gasteiger partial charge in [-0.1, -0.05) is 41.9 Å². The van der Waals surface area contributed by atoms with Gasteiger partial charge in [-0.15, -0.1) is 0 Å². The summed E-state index contributed by atoms with van der Waals surface area (Å²) in [6, 6.07) is 13.4. The summed E-state index contributed by atoms with van der Waals surface area (Å²) >= 11 is 6.20. The van der Waals surface area contributed by atoms with Crippen LogP contribution in [-0.4, -0.2) is 25.9 Å². The normalized spacial score (nSPS) is 12.0. The van der Waals surface area contributed by atoms with Gasteiger partial charge in [0.05, 0.1) is 31.9 Å². The molecular weight excluding hydrogens is 302 g/mol. The zero-order valence-electron chi connectivity index (χ0n) is 12.7. The predicted octanol–water partition coefficient (Wildman–Crippen LogP) is 3.18. The van der Waals surface area contributed by atoms with Crippen LogP contribution in [0.5, 0.6) is 11.5 Å².